The summed E-state index contributed by atoms with van der Waals surface area (Å²) in [5.74, 6) is 1.46. The van der Waals surface area contributed by atoms with Gasteiger partial charge in [0.05, 0.1) is 17.1 Å². The Balaban J connectivity index is 1.78. The van der Waals surface area contributed by atoms with Crippen LogP contribution in [0.3, 0.4) is 0 Å². The average molecular weight is 287 g/mol. The molecule has 3 aromatic rings. The van der Waals surface area contributed by atoms with Gasteiger partial charge in [-0.3, -0.25) is 0 Å². The van der Waals surface area contributed by atoms with Crippen molar-refractivity contribution in [1.29, 1.82) is 0 Å². The van der Waals surface area contributed by atoms with E-state index in [9.17, 15) is 0 Å². The molecule has 0 fully saturated rings. The van der Waals surface area contributed by atoms with Gasteiger partial charge in [0.2, 0.25) is 5.16 Å². The largest absolute Gasteiger partial charge is 0.360 e. The molecule has 7 heteroatoms. The van der Waals surface area contributed by atoms with Crippen LogP contribution < -0.4 is 0 Å². The molecule has 0 radical (unpaired) electrons. The molecule has 0 aliphatic heterocycles. The Bertz CT molecular complexity index is 704. The molecule has 0 spiro atoms. The number of aryl methyl sites for hydroxylation is 2. The molecule has 1 aromatic carbocycles. The molecule has 2 heterocycles. The minimum atomic E-state index is 0.646. The van der Waals surface area contributed by atoms with Gasteiger partial charge in [-0.25, -0.2) is 0 Å². The van der Waals surface area contributed by atoms with Gasteiger partial charge in [0.25, 0.3) is 0 Å². The van der Waals surface area contributed by atoms with Crippen molar-refractivity contribution in [3.63, 3.8) is 0 Å². The number of hydrogen-bond acceptors (Lipinski definition) is 6. The standard InChI is InChI=1S/C13H13N5OS/c1-9-3-5-11(6-4-9)18-13(14-16-17-18)20-8-12-7-10(2)15-19-12/h3-7H,8H2,1-2H3. The number of benzene rings is 1. The Morgan fingerprint density at radius 1 is 1.20 bits per heavy atom. The van der Waals surface area contributed by atoms with E-state index in [1.165, 1.54) is 17.3 Å². The number of nitrogens with zero attached hydrogens (tertiary/aromatic N) is 5. The van der Waals surface area contributed by atoms with Crippen molar-refractivity contribution in [3.05, 3.63) is 47.3 Å². The van der Waals surface area contributed by atoms with Crippen LogP contribution in [0.15, 0.2) is 40.0 Å². The maximum absolute atomic E-state index is 5.18. The molecule has 2 aromatic heterocycles. The summed E-state index contributed by atoms with van der Waals surface area (Å²) in [4.78, 5) is 0. The zero-order valence-corrected chi connectivity index (χ0v) is 12.0. The quantitative estimate of drug-likeness (QED) is 0.687. The van der Waals surface area contributed by atoms with E-state index in [-0.39, 0.29) is 0 Å². The average Bonchev–Trinajstić information content (AvgIpc) is 3.06. The van der Waals surface area contributed by atoms with E-state index < -0.39 is 0 Å². The maximum Gasteiger partial charge on any atom is 0.214 e. The number of tetrazole rings is 1. The summed E-state index contributed by atoms with van der Waals surface area (Å²) in [7, 11) is 0. The van der Waals surface area contributed by atoms with E-state index in [1.807, 2.05) is 44.2 Å². The zero-order chi connectivity index (χ0) is 13.9. The minimum absolute atomic E-state index is 0.646. The lowest BCUT2D eigenvalue weighted by atomic mass is 10.2. The zero-order valence-electron chi connectivity index (χ0n) is 11.1. The highest BCUT2D eigenvalue weighted by molar-refractivity contribution is 7.98. The second-order valence-corrected chi connectivity index (χ2v) is 5.37. The molecule has 0 aliphatic rings. The first-order chi connectivity index (χ1) is 9.72. The number of thioether (sulfide) groups is 1. The van der Waals surface area contributed by atoms with Gasteiger partial charge in [-0.05, 0) is 36.4 Å². The summed E-state index contributed by atoms with van der Waals surface area (Å²) < 4.78 is 6.89. The van der Waals surface area contributed by atoms with Crippen LogP contribution in [0.2, 0.25) is 0 Å². The second kappa shape index (κ2) is 5.46. The van der Waals surface area contributed by atoms with Crippen LogP contribution >= 0.6 is 11.8 Å². The number of hydrogen-bond donors (Lipinski definition) is 0. The molecule has 3 rings (SSSR count). The van der Waals surface area contributed by atoms with Crippen LogP contribution in [0.1, 0.15) is 17.0 Å². The van der Waals surface area contributed by atoms with Crippen molar-refractivity contribution in [2.24, 2.45) is 0 Å². The fourth-order valence-electron chi connectivity index (χ4n) is 1.74. The third kappa shape index (κ3) is 2.72. The van der Waals surface area contributed by atoms with Crippen LogP contribution in [0.4, 0.5) is 0 Å². The fourth-order valence-corrected chi connectivity index (χ4v) is 2.50. The lowest BCUT2D eigenvalue weighted by Crippen LogP contribution is -1.98. The van der Waals surface area contributed by atoms with E-state index in [2.05, 4.69) is 20.7 Å². The molecular formula is C13H13N5OS. The topological polar surface area (TPSA) is 69.6 Å². The number of rotatable bonds is 4. The predicted octanol–water partition coefficient (Wildman–Crippen LogP) is 2.56. The van der Waals surface area contributed by atoms with Crippen LogP contribution in [-0.2, 0) is 5.75 Å². The Morgan fingerprint density at radius 2 is 2.00 bits per heavy atom. The molecule has 0 saturated carbocycles. The van der Waals surface area contributed by atoms with Gasteiger partial charge in [-0.2, -0.15) is 4.68 Å². The molecule has 0 atom stereocenters. The summed E-state index contributed by atoms with van der Waals surface area (Å²) in [6.07, 6.45) is 0. The first-order valence-corrected chi connectivity index (χ1v) is 7.11. The van der Waals surface area contributed by atoms with Crippen LogP contribution in [-0.4, -0.2) is 25.4 Å². The maximum atomic E-state index is 5.18. The second-order valence-electron chi connectivity index (χ2n) is 4.43. The molecule has 0 saturated heterocycles. The molecular weight excluding hydrogens is 274 g/mol. The van der Waals surface area contributed by atoms with Gasteiger partial charge >= 0.3 is 0 Å². The lowest BCUT2D eigenvalue weighted by Gasteiger charge is -2.03. The van der Waals surface area contributed by atoms with Gasteiger partial charge < -0.3 is 4.52 Å². The molecule has 0 amide bonds. The highest BCUT2D eigenvalue weighted by atomic mass is 32.2. The van der Waals surface area contributed by atoms with Crippen molar-refractivity contribution in [3.8, 4) is 5.69 Å². The number of aromatic nitrogens is 5. The highest BCUT2D eigenvalue weighted by Crippen LogP contribution is 2.22. The van der Waals surface area contributed by atoms with Crippen LogP contribution in [0.25, 0.3) is 5.69 Å². The molecule has 0 N–H and O–H groups in total. The van der Waals surface area contributed by atoms with E-state index in [4.69, 9.17) is 4.52 Å². The van der Waals surface area contributed by atoms with Crippen molar-refractivity contribution in [1.82, 2.24) is 25.4 Å². The molecule has 0 aliphatic carbocycles. The molecule has 0 unspecified atom stereocenters. The Morgan fingerprint density at radius 3 is 2.70 bits per heavy atom. The highest BCUT2D eigenvalue weighted by Gasteiger charge is 2.10. The Labute approximate surface area is 120 Å². The summed E-state index contributed by atoms with van der Waals surface area (Å²) in [5, 5.41) is 16.4. The third-order valence-corrected chi connectivity index (χ3v) is 3.68. The smallest absolute Gasteiger partial charge is 0.214 e. The molecule has 6 nitrogen and oxygen atoms in total. The van der Waals surface area contributed by atoms with Gasteiger partial charge in [0.1, 0.15) is 5.76 Å². The van der Waals surface area contributed by atoms with Crippen molar-refractivity contribution < 1.29 is 4.52 Å². The van der Waals surface area contributed by atoms with E-state index in [0.717, 1.165) is 22.3 Å². The summed E-state index contributed by atoms with van der Waals surface area (Å²) >= 11 is 1.51. The minimum Gasteiger partial charge on any atom is -0.360 e. The normalized spacial score (nSPS) is 10.9. The summed E-state index contributed by atoms with van der Waals surface area (Å²) in [6.45, 7) is 3.94. The van der Waals surface area contributed by atoms with E-state index in [1.54, 1.807) is 4.68 Å². The Hall–Kier alpha value is -2.15. The Kier molecular flexibility index (Phi) is 3.51. The van der Waals surface area contributed by atoms with Crippen molar-refractivity contribution >= 4 is 11.8 Å². The van der Waals surface area contributed by atoms with Crippen molar-refractivity contribution in [2.45, 2.75) is 24.8 Å². The summed E-state index contributed by atoms with van der Waals surface area (Å²) in [5.41, 5.74) is 3.02. The summed E-state index contributed by atoms with van der Waals surface area (Å²) in [6, 6.07) is 9.96. The first-order valence-electron chi connectivity index (χ1n) is 6.13. The van der Waals surface area contributed by atoms with Crippen LogP contribution in [0.5, 0.6) is 0 Å². The SMILES string of the molecule is Cc1ccc(-n2nnnc2SCc2cc(C)no2)cc1. The molecule has 102 valence electrons. The van der Waals surface area contributed by atoms with Gasteiger partial charge in [0, 0.05) is 6.07 Å². The lowest BCUT2D eigenvalue weighted by molar-refractivity contribution is 0.391. The van der Waals surface area contributed by atoms with Crippen molar-refractivity contribution in [2.75, 3.05) is 0 Å². The first kappa shape index (κ1) is 12.9. The van der Waals surface area contributed by atoms with Gasteiger partial charge in [-0.1, -0.05) is 34.6 Å². The third-order valence-electron chi connectivity index (χ3n) is 2.74. The van der Waals surface area contributed by atoms with Gasteiger partial charge in [0.15, 0.2) is 0 Å². The van der Waals surface area contributed by atoms with E-state index >= 15 is 0 Å². The molecule has 20 heavy (non-hydrogen) atoms. The van der Waals surface area contributed by atoms with Crippen LogP contribution in [0, 0.1) is 13.8 Å². The monoisotopic (exact) mass is 287 g/mol. The van der Waals surface area contributed by atoms with Gasteiger partial charge in [-0.15, -0.1) is 5.10 Å². The predicted molar refractivity (Wildman–Crippen MR) is 74.7 cm³/mol. The van der Waals surface area contributed by atoms with E-state index in [0.29, 0.717) is 5.75 Å². The fraction of sp³-hybridized carbons (Fsp3) is 0.231. The molecule has 0 bridgehead atoms.